The molecule has 2 rings (SSSR count). The number of hydrogen-bond acceptors (Lipinski definition) is 3. The fourth-order valence-corrected chi connectivity index (χ4v) is 2.21. The van der Waals surface area contributed by atoms with Gasteiger partial charge in [0.1, 0.15) is 12.7 Å². The second-order valence-electron chi connectivity index (χ2n) is 3.82. The SMILES string of the molecule is CCNC(C)c1cc(Br)ccc1-n1cncn1. The Balaban J connectivity index is 2.44. The number of hydrogen-bond donors (Lipinski definition) is 1. The van der Waals surface area contributed by atoms with Crippen molar-refractivity contribution in [1.29, 1.82) is 0 Å². The van der Waals surface area contributed by atoms with E-state index >= 15 is 0 Å². The van der Waals surface area contributed by atoms with Gasteiger partial charge in [-0.2, -0.15) is 5.10 Å². The van der Waals surface area contributed by atoms with Crippen LogP contribution in [0.1, 0.15) is 25.5 Å². The summed E-state index contributed by atoms with van der Waals surface area (Å²) in [6.07, 6.45) is 3.26. The number of halogens is 1. The van der Waals surface area contributed by atoms with Crippen molar-refractivity contribution in [3.05, 3.63) is 40.9 Å². The van der Waals surface area contributed by atoms with Crippen LogP contribution in [-0.4, -0.2) is 21.3 Å². The molecule has 0 fully saturated rings. The average molecular weight is 295 g/mol. The monoisotopic (exact) mass is 294 g/mol. The first kappa shape index (κ1) is 12.3. The summed E-state index contributed by atoms with van der Waals surface area (Å²) in [6, 6.07) is 6.45. The minimum Gasteiger partial charge on any atom is -0.310 e. The largest absolute Gasteiger partial charge is 0.310 e. The zero-order valence-electron chi connectivity index (χ0n) is 9.89. The van der Waals surface area contributed by atoms with Crippen LogP contribution in [0.3, 0.4) is 0 Å². The Morgan fingerprint density at radius 3 is 2.94 bits per heavy atom. The van der Waals surface area contributed by atoms with Gasteiger partial charge < -0.3 is 5.32 Å². The molecule has 0 saturated heterocycles. The molecule has 17 heavy (non-hydrogen) atoms. The van der Waals surface area contributed by atoms with Crippen LogP contribution in [0, 0.1) is 0 Å². The van der Waals surface area contributed by atoms with Crippen LogP contribution in [-0.2, 0) is 0 Å². The highest BCUT2D eigenvalue weighted by Crippen LogP contribution is 2.24. The van der Waals surface area contributed by atoms with Gasteiger partial charge in [0, 0.05) is 10.5 Å². The maximum Gasteiger partial charge on any atom is 0.138 e. The molecule has 0 bridgehead atoms. The fourth-order valence-electron chi connectivity index (χ4n) is 1.83. The summed E-state index contributed by atoms with van der Waals surface area (Å²) in [5, 5.41) is 7.59. The van der Waals surface area contributed by atoms with E-state index < -0.39 is 0 Å². The topological polar surface area (TPSA) is 42.7 Å². The summed E-state index contributed by atoms with van der Waals surface area (Å²) in [4.78, 5) is 3.99. The lowest BCUT2D eigenvalue weighted by molar-refractivity contribution is 0.593. The van der Waals surface area contributed by atoms with Crippen LogP contribution in [0.4, 0.5) is 0 Å². The van der Waals surface area contributed by atoms with Crippen molar-refractivity contribution >= 4 is 15.9 Å². The summed E-state index contributed by atoms with van der Waals surface area (Å²) in [6.45, 7) is 5.18. The molecular weight excluding hydrogens is 280 g/mol. The van der Waals surface area contributed by atoms with Crippen LogP contribution >= 0.6 is 15.9 Å². The maximum atomic E-state index is 4.18. The predicted octanol–water partition coefficient (Wildman–Crippen LogP) is 2.70. The smallest absolute Gasteiger partial charge is 0.138 e. The molecule has 0 amide bonds. The molecule has 0 spiro atoms. The summed E-state index contributed by atoms with van der Waals surface area (Å²) in [5.74, 6) is 0. The van der Waals surface area contributed by atoms with Crippen LogP contribution in [0.5, 0.6) is 0 Å². The molecule has 4 nitrogen and oxygen atoms in total. The van der Waals surface area contributed by atoms with Gasteiger partial charge in [-0.15, -0.1) is 0 Å². The van der Waals surface area contributed by atoms with E-state index in [4.69, 9.17) is 0 Å². The lowest BCUT2D eigenvalue weighted by atomic mass is 10.1. The molecule has 1 aromatic carbocycles. The van der Waals surface area contributed by atoms with Crippen LogP contribution < -0.4 is 5.32 Å². The zero-order valence-corrected chi connectivity index (χ0v) is 11.5. The highest BCUT2D eigenvalue weighted by Gasteiger charge is 2.12. The van der Waals surface area contributed by atoms with Crippen molar-refractivity contribution < 1.29 is 0 Å². The normalized spacial score (nSPS) is 12.6. The van der Waals surface area contributed by atoms with E-state index in [2.05, 4.69) is 51.2 Å². The molecule has 0 aliphatic rings. The van der Waals surface area contributed by atoms with Gasteiger partial charge in [0.25, 0.3) is 0 Å². The quantitative estimate of drug-likeness (QED) is 0.943. The van der Waals surface area contributed by atoms with Gasteiger partial charge in [0.05, 0.1) is 5.69 Å². The summed E-state index contributed by atoms with van der Waals surface area (Å²) >= 11 is 3.51. The standard InChI is InChI=1S/C12H15BrN4/c1-3-15-9(2)11-6-10(13)4-5-12(11)17-8-14-7-16-17/h4-9,15H,3H2,1-2H3. The molecule has 1 atom stereocenters. The van der Waals surface area contributed by atoms with Crippen molar-refractivity contribution in [2.24, 2.45) is 0 Å². The van der Waals surface area contributed by atoms with Gasteiger partial charge in [0.15, 0.2) is 0 Å². The third-order valence-corrected chi connectivity index (χ3v) is 3.13. The number of aromatic nitrogens is 3. The number of rotatable bonds is 4. The average Bonchev–Trinajstić information content (AvgIpc) is 2.82. The van der Waals surface area contributed by atoms with E-state index in [1.807, 2.05) is 12.1 Å². The van der Waals surface area contributed by atoms with Crippen molar-refractivity contribution in [3.8, 4) is 5.69 Å². The lowest BCUT2D eigenvalue weighted by Crippen LogP contribution is -2.19. The highest BCUT2D eigenvalue weighted by atomic mass is 79.9. The molecule has 0 radical (unpaired) electrons. The van der Waals surface area contributed by atoms with E-state index in [1.165, 1.54) is 5.56 Å². The molecule has 1 unspecified atom stereocenters. The van der Waals surface area contributed by atoms with E-state index in [0.29, 0.717) is 0 Å². The van der Waals surface area contributed by atoms with Gasteiger partial charge in [-0.25, -0.2) is 9.67 Å². The fraction of sp³-hybridized carbons (Fsp3) is 0.333. The first-order valence-electron chi connectivity index (χ1n) is 5.60. The first-order valence-corrected chi connectivity index (χ1v) is 6.39. The second-order valence-corrected chi connectivity index (χ2v) is 4.74. The van der Waals surface area contributed by atoms with E-state index in [0.717, 1.165) is 16.7 Å². The van der Waals surface area contributed by atoms with Crippen LogP contribution in [0.25, 0.3) is 5.69 Å². The van der Waals surface area contributed by atoms with Crippen molar-refractivity contribution in [2.45, 2.75) is 19.9 Å². The molecule has 2 aromatic rings. The van der Waals surface area contributed by atoms with Crippen LogP contribution in [0.2, 0.25) is 0 Å². The second kappa shape index (κ2) is 5.42. The first-order chi connectivity index (χ1) is 8.22. The Kier molecular flexibility index (Phi) is 3.91. The van der Waals surface area contributed by atoms with Gasteiger partial charge in [0.2, 0.25) is 0 Å². The summed E-state index contributed by atoms with van der Waals surface area (Å²) in [7, 11) is 0. The maximum absolute atomic E-state index is 4.18. The molecule has 90 valence electrons. The van der Waals surface area contributed by atoms with Gasteiger partial charge in [-0.1, -0.05) is 22.9 Å². The highest BCUT2D eigenvalue weighted by molar-refractivity contribution is 9.10. The molecule has 1 aromatic heterocycles. The molecular formula is C12H15BrN4. The third kappa shape index (κ3) is 2.73. The van der Waals surface area contributed by atoms with Crippen molar-refractivity contribution in [2.75, 3.05) is 6.54 Å². The Labute approximate surface area is 109 Å². The minimum atomic E-state index is 0.275. The molecule has 0 aliphatic carbocycles. The van der Waals surface area contributed by atoms with Gasteiger partial charge >= 0.3 is 0 Å². The number of nitrogens with one attached hydrogen (secondary N) is 1. The molecule has 0 aliphatic heterocycles. The third-order valence-electron chi connectivity index (χ3n) is 2.63. The van der Waals surface area contributed by atoms with Crippen LogP contribution in [0.15, 0.2) is 35.3 Å². The molecule has 1 heterocycles. The number of benzene rings is 1. The minimum absolute atomic E-state index is 0.275. The predicted molar refractivity (Wildman–Crippen MR) is 71.2 cm³/mol. The molecule has 5 heteroatoms. The van der Waals surface area contributed by atoms with Crippen molar-refractivity contribution in [3.63, 3.8) is 0 Å². The molecule has 0 saturated carbocycles. The summed E-state index contributed by atoms with van der Waals surface area (Å²) in [5.41, 5.74) is 2.26. The Morgan fingerprint density at radius 2 is 2.29 bits per heavy atom. The van der Waals surface area contributed by atoms with Gasteiger partial charge in [-0.05, 0) is 37.2 Å². The van der Waals surface area contributed by atoms with Crippen molar-refractivity contribution in [1.82, 2.24) is 20.1 Å². The Hall–Kier alpha value is -1.20. The van der Waals surface area contributed by atoms with E-state index in [9.17, 15) is 0 Å². The lowest BCUT2D eigenvalue weighted by Gasteiger charge is -2.17. The van der Waals surface area contributed by atoms with E-state index in [-0.39, 0.29) is 6.04 Å². The summed E-state index contributed by atoms with van der Waals surface area (Å²) < 4.78 is 2.86. The number of nitrogens with zero attached hydrogens (tertiary/aromatic N) is 3. The Morgan fingerprint density at radius 1 is 1.47 bits per heavy atom. The van der Waals surface area contributed by atoms with E-state index in [1.54, 1.807) is 17.3 Å². The zero-order chi connectivity index (χ0) is 12.3. The Bertz CT molecular complexity index is 481. The van der Waals surface area contributed by atoms with Gasteiger partial charge in [-0.3, -0.25) is 0 Å². The molecule has 1 N–H and O–H groups in total.